The number of nitrogens with one attached hydrogen (secondary N) is 1. The van der Waals surface area contributed by atoms with Crippen LogP contribution in [-0.4, -0.2) is 25.6 Å². The molecule has 0 aliphatic heterocycles. The van der Waals surface area contributed by atoms with Gasteiger partial charge in [-0.3, -0.25) is 4.79 Å². The van der Waals surface area contributed by atoms with Gasteiger partial charge in [-0.25, -0.2) is 4.79 Å². The fourth-order valence-corrected chi connectivity index (χ4v) is 2.61. The molecule has 0 unspecified atom stereocenters. The lowest BCUT2D eigenvalue weighted by atomic mass is 10.1. The van der Waals surface area contributed by atoms with Gasteiger partial charge in [0.25, 0.3) is 0 Å². The van der Waals surface area contributed by atoms with E-state index < -0.39 is 0 Å². The Bertz CT molecular complexity index is 927. The Morgan fingerprint density at radius 1 is 1.12 bits per heavy atom. The zero-order valence-corrected chi connectivity index (χ0v) is 14.6. The molecule has 0 spiro atoms. The third kappa shape index (κ3) is 3.85. The zero-order valence-electron chi connectivity index (χ0n) is 14.6. The van der Waals surface area contributed by atoms with Gasteiger partial charge in [0.15, 0.2) is 0 Å². The predicted octanol–water partition coefficient (Wildman–Crippen LogP) is 3.80. The summed E-state index contributed by atoms with van der Waals surface area (Å²) >= 11 is 0. The Hall–Kier alpha value is -3.28. The smallest absolute Gasteiger partial charge is 0.338 e. The second-order valence-corrected chi connectivity index (χ2v) is 5.65. The average molecular weight is 353 g/mol. The van der Waals surface area contributed by atoms with Crippen molar-refractivity contribution in [2.75, 3.05) is 19.0 Å². The van der Waals surface area contributed by atoms with Crippen LogP contribution in [-0.2, 0) is 16.0 Å². The predicted molar refractivity (Wildman–Crippen MR) is 97.5 cm³/mol. The summed E-state index contributed by atoms with van der Waals surface area (Å²) in [7, 11) is 1.59. The molecule has 1 N–H and O–H groups in total. The average Bonchev–Trinajstić information content (AvgIpc) is 3.04. The van der Waals surface area contributed by atoms with E-state index in [1.54, 1.807) is 50.6 Å². The van der Waals surface area contributed by atoms with E-state index in [2.05, 4.69) is 5.32 Å². The number of methoxy groups -OCH3 is 1. The maximum absolute atomic E-state index is 12.3. The number of hydrogen-bond donors (Lipinski definition) is 1. The monoisotopic (exact) mass is 353 g/mol. The highest BCUT2D eigenvalue weighted by Crippen LogP contribution is 2.26. The number of carbonyl (C=O) groups is 2. The topological polar surface area (TPSA) is 77.8 Å². The normalized spacial score (nSPS) is 10.5. The number of hydrogen-bond acceptors (Lipinski definition) is 5. The molecule has 1 aromatic heterocycles. The highest BCUT2D eigenvalue weighted by atomic mass is 16.5. The van der Waals surface area contributed by atoms with Gasteiger partial charge < -0.3 is 19.2 Å². The molecule has 26 heavy (non-hydrogen) atoms. The van der Waals surface area contributed by atoms with E-state index >= 15 is 0 Å². The third-order valence-corrected chi connectivity index (χ3v) is 3.89. The second kappa shape index (κ2) is 7.74. The maximum Gasteiger partial charge on any atom is 0.338 e. The molecule has 1 amide bonds. The van der Waals surface area contributed by atoms with Crippen molar-refractivity contribution in [1.29, 1.82) is 0 Å². The Kier molecular flexibility index (Phi) is 5.22. The van der Waals surface area contributed by atoms with Gasteiger partial charge in [0, 0.05) is 22.7 Å². The van der Waals surface area contributed by atoms with Gasteiger partial charge in [0.1, 0.15) is 11.3 Å². The Morgan fingerprint density at radius 2 is 1.88 bits per heavy atom. The summed E-state index contributed by atoms with van der Waals surface area (Å²) in [6.07, 6.45) is 1.76. The molecule has 0 saturated heterocycles. The Morgan fingerprint density at radius 3 is 2.58 bits per heavy atom. The summed E-state index contributed by atoms with van der Waals surface area (Å²) in [6, 6.07) is 12.1. The van der Waals surface area contributed by atoms with Crippen molar-refractivity contribution in [2.45, 2.75) is 13.3 Å². The van der Waals surface area contributed by atoms with Crippen LogP contribution in [0.25, 0.3) is 11.0 Å². The van der Waals surface area contributed by atoms with Crippen molar-refractivity contribution in [3.05, 3.63) is 59.9 Å². The molecule has 0 aliphatic carbocycles. The second-order valence-electron chi connectivity index (χ2n) is 5.65. The molecular formula is C20H19NO5. The van der Waals surface area contributed by atoms with Crippen molar-refractivity contribution in [3.63, 3.8) is 0 Å². The molecule has 0 bridgehead atoms. The molecule has 6 heteroatoms. The highest BCUT2D eigenvalue weighted by molar-refractivity contribution is 5.96. The first-order valence-corrected chi connectivity index (χ1v) is 8.22. The first kappa shape index (κ1) is 17.5. The van der Waals surface area contributed by atoms with Crippen molar-refractivity contribution >= 4 is 28.5 Å². The number of ether oxygens (including phenoxy) is 2. The van der Waals surface area contributed by atoms with Crippen molar-refractivity contribution in [1.82, 2.24) is 0 Å². The number of anilines is 1. The van der Waals surface area contributed by atoms with Gasteiger partial charge in [0.05, 0.1) is 32.0 Å². The molecule has 0 radical (unpaired) electrons. The third-order valence-electron chi connectivity index (χ3n) is 3.89. The van der Waals surface area contributed by atoms with Crippen LogP contribution in [0.3, 0.4) is 0 Å². The van der Waals surface area contributed by atoms with E-state index in [1.165, 1.54) is 0 Å². The molecule has 0 saturated carbocycles. The minimum absolute atomic E-state index is 0.174. The number of esters is 1. The van der Waals surface area contributed by atoms with E-state index in [-0.39, 0.29) is 18.3 Å². The molecule has 0 fully saturated rings. The number of fused-ring (bicyclic) bond motifs is 1. The SMILES string of the molecule is CCOC(=O)c1ccc(NC(=O)Cc2coc3cc(OC)ccc23)cc1. The van der Waals surface area contributed by atoms with Gasteiger partial charge in [-0.15, -0.1) is 0 Å². The lowest BCUT2D eigenvalue weighted by Gasteiger charge is -2.06. The number of amides is 1. The van der Waals surface area contributed by atoms with Crippen LogP contribution >= 0.6 is 0 Å². The number of carbonyl (C=O) groups excluding carboxylic acids is 2. The lowest BCUT2D eigenvalue weighted by molar-refractivity contribution is -0.115. The fraction of sp³-hybridized carbons (Fsp3) is 0.200. The van der Waals surface area contributed by atoms with Crippen molar-refractivity contribution < 1.29 is 23.5 Å². The minimum Gasteiger partial charge on any atom is -0.497 e. The molecule has 0 aliphatic rings. The molecule has 134 valence electrons. The van der Waals surface area contributed by atoms with Crippen LogP contribution in [0.15, 0.2) is 53.1 Å². The maximum atomic E-state index is 12.3. The minimum atomic E-state index is -0.384. The van der Waals surface area contributed by atoms with Crippen LogP contribution in [0.5, 0.6) is 5.75 Å². The summed E-state index contributed by atoms with van der Waals surface area (Å²) in [5.74, 6) is 0.141. The van der Waals surface area contributed by atoms with Crippen LogP contribution in [0, 0.1) is 0 Å². The van der Waals surface area contributed by atoms with Crippen LogP contribution in [0.2, 0.25) is 0 Å². The Balaban J connectivity index is 1.66. The standard InChI is InChI=1S/C20H19NO5/c1-3-25-20(23)13-4-6-15(7-5-13)21-19(22)10-14-12-26-18-11-16(24-2)8-9-17(14)18/h4-9,11-12H,3,10H2,1-2H3,(H,21,22). The summed E-state index contributed by atoms with van der Waals surface area (Å²) in [5, 5.41) is 3.68. The summed E-state index contributed by atoms with van der Waals surface area (Å²) in [5.41, 5.74) is 2.52. The number of furan rings is 1. The molecule has 0 atom stereocenters. The number of benzene rings is 2. The van der Waals surface area contributed by atoms with Gasteiger partial charge in [0.2, 0.25) is 5.91 Å². The van der Waals surface area contributed by atoms with Gasteiger partial charge in [-0.2, -0.15) is 0 Å². The zero-order chi connectivity index (χ0) is 18.5. The highest BCUT2D eigenvalue weighted by Gasteiger charge is 2.12. The first-order valence-electron chi connectivity index (χ1n) is 8.22. The quantitative estimate of drug-likeness (QED) is 0.682. The van der Waals surface area contributed by atoms with E-state index in [0.717, 1.165) is 10.9 Å². The summed E-state index contributed by atoms with van der Waals surface area (Å²) in [4.78, 5) is 23.9. The molecular weight excluding hydrogens is 334 g/mol. The van der Waals surface area contributed by atoms with E-state index in [0.29, 0.717) is 29.2 Å². The van der Waals surface area contributed by atoms with Crippen LogP contribution in [0.4, 0.5) is 5.69 Å². The first-order chi connectivity index (χ1) is 12.6. The molecule has 6 nitrogen and oxygen atoms in total. The van der Waals surface area contributed by atoms with E-state index in [9.17, 15) is 9.59 Å². The van der Waals surface area contributed by atoms with Gasteiger partial charge in [-0.1, -0.05) is 0 Å². The Labute approximate surface area is 150 Å². The van der Waals surface area contributed by atoms with Crippen molar-refractivity contribution in [3.8, 4) is 5.75 Å². The van der Waals surface area contributed by atoms with Gasteiger partial charge >= 0.3 is 5.97 Å². The summed E-state index contributed by atoms with van der Waals surface area (Å²) in [6.45, 7) is 2.07. The van der Waals surface area contributed by atoms with Crippen LogP contribution < -0.4 is 10.1 Å². The largest absolute Gasteiger partial charge is 0.497 e. The van der Waals surface area contributed by atoms with E-state index in [1.807, 2.05) is 12.1 Å². The van der Waals surface area contributed by atoms with Crippen molar-refractivity contribution in [2.24, 2.45) is 0 Å². The lowest BCUT2D eigenvalue weighted by Crippen LogP contribution is -2.14. The van der Waals surface area contributed by atoms with E-state index in [4.69, 9.17) is 13.9 Å². The van der Waals surface area contributed by atoms with Crippen LogP contribution in [0.1, 0.15) is 22.8 Å². The molecule has 3 aromatic rings. The molecule has 3 rings (SSSR count). The molecule has 1 heterocycles. The summed E-state index contributed by atoms with van der Waals surface area (Å²) < 4.78 is 15.6. The molecule has 2 aromatic carbocycles. The van der Waals surface area contributed by atoms with Gasteiger partial charge in [-0.05, 0) is 43.3 Å². The fourth-order valence-electron chi connectivity index (χ4n) is 2.61. The number of rotatable bonds is 6.